The van der Waals surface area contributed by atoms with Gasteiger partial charge in [0.2, 0.25) is 0 Å². The second kappa shape index (κ2) is 6.14. The Morgan fingerprint density at radius 2 is 1.29 bits per heavy atom. The first-order chi connectivity index (χ1) is 10.3. The van der Waals surface area contributed by atoms with Crippen LogP contribution in [-0.2, 0) is 0 Å². The summed E-state index contributed by atoms with van der Waals surface area (Å²) in [7, 11) is 0. The zero-order chi connectivity index (χ0) is 14.5. The Morgan fingerprint density at radius 3 is 1.81 bits per heavy atom. The smallest absolute Gasteiger partial charge is 0.152 e. The molecule has 21 heavy (non-hydrogen) atoms. The number of aromatic nitrogens is 1. The van der Waals surface area contributed by atoms with Crippen molar-refractivity contribution in [3.8, 4) is 0 Å². The number of hydrogen-bond acceptors (Lipinski definition) is 2. The average molecular weight is 271 g/mol. The van der Waals surface area contributed by atoms with E-state index in [9.17, 15) is 0 Å². The summed E-state index contributed by atoms with van der Waals surface area (Å²) in [5, 5.41) is 0. The third-order valence-corrected chi connectivity index (χ3v) is 3.11. The summed E-state index contributed by atoms with van der Waals surface area (Å²) in [5.41, 5.74) is 3.77. The molecule has 0 atom stereocenters. The van der Waals surface area contributed by atoms with Crippen molar-refractivity contribution in [2.45, 2.75) is 0 Å². The van der Waals surface area contributed by atoms with Gasteiger partial charge in [0.15, 0.2) is 5.82 Å². The van der Waals surface area contributed by atoms with Crippen LogP contribution in [0.25, 0.3) is 0 Å². The van der Waals surface area contributed by atoms with Gasteiger partial charge in [-0.15, -0.1) is 0 Å². The molecule has 0 aliphatic carbocycles. The second-order valence-corrected chi connectivity index (χ2v) is 4.68. The van der Waals surface area contributed by atoms with Crippen LogP contribution in [0.3, 0.4) is 0 Å². The van der Waals surface area contributed by atoms with Crippen molar-refractivity contribution in [3.05, 3.63) is 103 Å². The van der Waals surface area contributed by atoms with E-state index in [1.54, 1.807) is 0 Å². The number of aliphatic imine (C=N–C) groups is 1. The third kappa shape index (κ3) is 3.23. The minimum atomic E-state index is 0.671. The molecule has 3 rings (SSSR count). The van der Waals surface area contributed by atoms with Crippen molar-refractivity contribution < 1.29 is 0 Å². The zero-order valence-corrected chi connectivity index (χ0v) is 11.6. The highest BCUT2D eigenvalue weighted by molar-refractivity contribution is 6.13. The molecule has 2 nitrogen and oxygen atoms in total. The normalized spacial score (nSPS) is 10.1. The summed E-state index contributed by atoms with van der Waals surface area (Å²) >= 11 is 0. The lowest BCUT2D eigenvalue weighted by atomic mass is 10.0. The SMILES string of the molecule is [CH2]c1cccc(N=C(c2ccccc2)c2ccccc2)n1. The van der Waals surface area contributed by atoms with E-state index >= 15 is 0 Å². The van der Waals surface area contributed by atoms with Gasteiger partial charge in [-0.3, -0.25) is 0 Å². The largest absolute Gasteiger partial charge is 0.234 e. The fraction of sp³-hybridized carbons (Fsp3) is 0. The predicted molar refractivity (Wildman–Crippen MR) is 86.9 cm³/mol. The number of hydrogen-bond donors (Lipinski definition) is 0. The van der Waals surface area contributed by atoms with Gasteiger partial charge in [-0.1, -0.05) is 66.7 Å². The molecule has 2 aromatic carbocycles. The molecular weight excluding hydrogens is 256 g/mol. The van der Waals surface area contributed by atoms with Gasteiger partial charge in [-0.2, -0.15) is 0 Å². The molecule has 0 saturated heterocycles. The lowest BCUT2D eigenvalue weighted by Gasteiger charge is -2.07. The Bertz CT molecular complexity index is 705. The maximum absolute atomic E-state index is 4.73. The van der Waals surface area contributed by atoms with E-state index in [0.717, 1.165) is 22.5 Å². The van der Waals surface area contributed by atoms with E-state index in [1.165, 1.54) is 0 Å². The van der Waals surface area contributed by atoms with Crippen molar-refractivity contribution in [2.75, 3.05) is 0 Å². The predicted octanol–water partition coefficient (Wildman–Crippen LogP) is 4.43. The molecule has 0 fully saturated rings. The maximum Gasteiger partial charge on any atom is 0.152 e. The van der Waals surface area contributed by atoms with Crippen molar-refractivity contribution in [1.29, 1.82) is 0 Å². The maximum atomic E-state index is 4.73. The molecule has 0 N–H and O–H groups in total. The molecule has 0 aliphatic heterocycles. The summed E-state index contributed by atoms with van der Waals surface area (Å²) in [6, 6.07) is 25.9. The van der Waals surface area contributed by atoms with E-state index in [0.29, 0.717) is 5.82 Å². The standard InChI is InChI=1S/C19H15N2/c1-15-9-8-14-18(20-15)21-19(16-10-4-2-5-11-16)17-12-6-3-7-13-17/h2-14H,1H2. The van der Waals surface area contributed by atoms with Crippen molar-refractivity contribution in [1.82, 2.24) is 4.98 Å². The average Bonchev–Trinajstić information content (AvgIpc) is 2.54. The number of nitrogens with zero attached hydrogens (tertiary/aromatic N) is 2. The van der Waals surface area contributed by atoms with E-state index < -0.39 is 0 Å². The highest BCUT2D eigenvalue weighted by atomic mass is 14.9. The van der Waals surface area contributed by atoms with Gasteiger partial charge in [0, 0.05) is 16.8 Å². The fourth-order valence-corrected chi connectivity index (χ4v) is 2.13. The van der Waals surface area contributed by atoms with Crippen LogP contribution < -0.4 is 0 Å². The molecule has 3 aromatic rings. The van der Waals surface area contributed by atoms with Gasteiger partial charge in [-0.05, 0) is 19.1 Å². The van der Waals surface area contributed by atoms with Gasteiger partial charge >= 0.3 is 0 Å². The van der Waals surface area contributed by atoms with Gasteiger partial charge in [0.05, 0.1) is 5.71 Å². The summed E-state index contributed by atoms with van der Waals surface area (Å²) in [5.74, 6) is 0.671. The molecule has 1 radical (unpaired) electrons. The van der Waals surface area contributed by atoms with Gasteiger partial charge in [-0.25, -0.2) is 9.98 Å². The molecule has 0 aliphatic rings. The molecule has 1 heterocycles. The zero-order valence-electron chi connectivity index (χ0n) is 11.6. The summed E-state index contributed by atoms with van der Waals surface area (Å²) < 4.78 is 0. The molecule has 2 heteroatoms. The first-order valence-electron chi connectivity index (χ1n) is 6.81. The van der Waals surface area contributed by atoms with E-state index in [2.05, 4.69) is 36.2 Å². The third-order valence-electron chi connectivity index (χ3n) is 3.11. The Hall–Kier alpha value is -2.74. The number of rotatable bonds is 3. The Labute approximate surface area is 124 Å². The Balaban J connectivity index is 2.13. The van der Waals surface area contributed by atoms with Gasteiger partial charge in [0.25, 0.3) is 0 Å². The van der Waals surface area contributed by atoms with Crippen LogP contribution in [0.15, 0.2) is 83.9 Å². The number of benzene rings is 2. The monoisotopic (exact) mass is 271 g/mol. The minimum Gasteiger partial charge on any atom is -0.234 e. The van der Waals surface area contributed by atoms with Gasteiger partial charge < -0.3 is 0 Å². The topological polar surface area (TPSA) is 25.2 Å². The molecule has 0 unspecified atom stereocenters. The van der Waals surface area contributed by atoms with Crippen LogP contribution in [0.5, 0.6) is 0 Å². The van der Waals surface area contributed by atoms with Crippen LogP contribution in [0, 0.1) is 6.92 Å². The minimum absolute atomic E-state index is 0.671. The van der Waals surface area contributed by atoms with Crippen LogP contribution in [0.1, 0.15) is 16.8 Å². The van der Waals surface area contributed by atoms with Crippen molar-refractivity contribution >= 4 is 11.5 Å². The first kappa shape index (κ1) is 13.3. The summed E-state index contributed by atoms with van der Waals surface area (Å²) in [4.78, 5) is 9.09. The number of pyridine rings is 1. The Kier molecular flexibility index (Phi) is 3.88. The van der Waals surface area contributed by atoms with Crippen LogP contribution in [0.2, 0.25) is 0 Å². The fourth-order valence-electron chi connectivity index (χ4n) is 2.13. The highest BCUT2D eigenvalue weighted by Gasteiger charge is 2.07. The van der Waals surface area contributed by atoms with Crippen LogP contribution >= 0.6 is 0 Å². The highest BCUT2D eigenvalue weighted by Crippen LogP contribution is 2.16. The lowest BCUT2D eigenvalue weighted by molar-refractivity contribution is 1.23. The van der Waals surface area contributed by atoms with Crippen LogP contribution in [-0.4, -0.2) is 10.7 Å². The summed E-state index contributed by atoms with van der Waals surface area (Å²) in [6.07, 6.45) is 0. The lowest BCUT2D eigenvalue weighted by Crippen LogP contribution is -2.02. The molecule has 0 saturated carbocycles. The van der Waals surface area contributed by atoms with E-state index in [-0.39, 0.29) is 0 Å². The second-order valence-electron chi connectivity index (χ2n) is 4.68. The molecule has 101 valence electrons. The molecule has 1 aromatic heterocycles. The van der Waals surface area contributed by atoms with Crippen molar-refractivity contribution in [2.24, 2.45) is 4.99 Å². The van der Waals surface area contributed by atoms with Crippen LogP contribution in [0.4, 0.5) is 5.82 Å². The van der Waals surface area contributed by atoms with E-state index in [1.807, 2.05) is 54.6 Å². The van der Waals surface area contributed by atoms with Crippen molar-refractivity contribution in [3.63, 3.8) is 0 Å². The molecule has 0 spiro atoms. The quantitative estimate of drug-likeness (QED) is 0.647. The van der Waals surface area contributed by atoms with Gasteiger partial charge in [0.1, 0.15) is 0 Å². The molecule has 0 amide bonds. The molecular formula is C19H15N2. The summed E-state index contributed by atoms with van der Waals surface area (Å²) in [6.45, 7) is 3.85. The van der Waals surface area contributed by atoms with E-state index in [4.69, 9.17) is 4.99 Å². The molecule has 0 bridgehead atoms. The first-order valence-corrected chi connectivity index (χ1v) is 6.81. The Morgan fingerprint density at radius 1 is 0.714 bits per heavy atom.